The van der Waals surface area contributed by atoms with Gasteiger partial charge in [-0.3, -0.25) is 13.9 Å². The van der Waals surface area contributed by atoms with Crippen molar-refractivity contribution < 1.29 is 37.7 Å². The summed E-state index contributed by atoms with van der Waals surface area (Å²) in [6, 6.07) is 20.9. The predicted octanol–water partition coefficient (Wildman–Crippen LogP) is 4.14. The van der Waals surface area contributed by atoms with Gasteiger partial charge in [0.25, 0.3) is 0 Å². The van der Waals surface area contributed by atoms with Gasteiger partial charge in [0.1, 0.15) is 24.5 Å². The molecule has 1 aliphatic rings. The van der Waals surface area contributed by atoms with E-state index in [1.165, 1.54) is 24.9 Å². The molecular weight excluding hydrogens is 615 g/mol. The van der Waals surface area contributed by atoms with Crippen LogP contribution in [-0.2, 0) is 30.0 Å². The van der Waals surface area contributed by atoms with Gasteiger partial charge < -0.3 is 29.6 Å². The molecule has 5 atom stereocenters. The van der Waals surface area contributed by atoms with Crippen LogP contribution in [0.25, 0.3) is 21.9 Å². The second kappa shape index (κ2) is 13.4. The summed E-state index contributed by atoms with van der Waals surface area (Å²) < 4.78 is 44.4. The summed E-state index contributed by atoms with van der Waals surface area (Å²) in [4.78, 5) is 25.5. The number of carbonyl (C=O) groups is 1. The zero-order valence-electron chi connectivity index (χ0n) is 25.1. The highest BCUT2D eigenvalue weighted by atomic mass is 31.2. The molecule has 6 rings (SSSR count). The summed E-state index contributed by atoms with van der Waals surface area (Å²) in [7, 11) is -2.84. The predicted molar refractivity (Wildman–Crippen MR) is 168 cm³/mol. The number of nitrogens with zero attached hydrogens (tertiary/aromatic N) is 4. The number of imidazole rings is 1. The van der Waals surface area contributed by atoms with Crippen LogP contribution in [0.15, 0.2) is 79.1 Å². The molecule has 0 amide bonds. The van der Waals surface area contributed by atoms with E-state index in [4.69, 9.17) is 29.0 Å². The van der Waals surface area contributed by atoms with Crippen molar-refractivity contribution in [2.24, 2.45) is 0 Å². The summed E-state index contributed by atoms with van der Waals surface area (Å²) in [5, 5.41) is 15.2. The Morgan fingerprint density at radius 3 is 2.70 bits per heavy atom. The number of fused-ring (bicyclic) bond motifs is 2. The lowest BCUT2D eigenvalue weighted by atomic mass is 10.1. The number of carbonyl (C=O) groups excluding carboxylic acids is 1. The van der Waals surface area contributed by atoms with Crippen LogP contribution in [0, 0.1) is 0 Å². The zero-order chi connectivity index (χ0) is 32.3. The fourth-order valence-electron chi connectivity index (χ4n) is 5.10. The number of anilines is 1. The first kappa shape index (κ1) is 31.4. The summed E-state index contributed by atoms with van der Waals surface area (Å²) in [5.41, 5.74) is 7.43. The van der Waals surface area contributed by atoms with Crippen LogP contribution in [-0.4, -0.2) is 62.6 Å². The number of nitrogens with one attached hydrogen (secondary N) is 1. The maximum Gasteiger partial charge on any atom is 0.459 e. The number of nitrogen functional groups attached to an aromatic ring is 1. The maximum absolute atomic E-state index is 14.3. The number of nitrogens with two attached hydrogens (primary N) is 1. The van der Waals surface area contributed by atoms with Crippen LogP contribution >= 0.6 is 7.75 Å². The quantitative estimate of drug-likeness (QED) is 0.130. The average Bonchev–Trinajstić information content (AvgIpc) is 3.66. The van der Waals surface area contributed by atoms with E-state index in [0.717, 1.165) is 10.9 Å². The molecule has 0 bridgehead atoms. The van der Waals surface area contributed by atoms with E-state index in [-0.39, 0.29) is 31.5 Å². The van der Waals surface area contributed by atoms with Crippen LogP contribution in [0.3, 0.4) is 0 Å². The highest BCUT2D eigenvalue weighted by molar-refractivity contribution is 7.52. The Morgan fingerprint density at radius 1 is 1.13 bits per heavy atom. The van der Waals surface area contributed by atoms with Crippen LogP contribution in [0.4, 0.5) is 5.82 Å². The van der Waals surface area contributed by atoms with E-state index < -0.39 is 38.2 Å². The molecule has 240 valence electrons. The van der Waals surface area contributed by atoms with Gasteiger partial charge in [-0.1, -0.05) is 66.7 Å². The van der Waals surface area contributed by atoms with Crippen molar-refractivity contribution in [1.82, 2.24) is 24.6 Å². The lowest BCUT2D eigenvalue weighted by Crippen LogP contribution is -2.35. The third-order valence-electron chi connectivity index (χ3n) is 7.38. The summed E-state index contributed by atoms with van der Waals surface area (Å²) in [6.07, 6.45) is -1.05. The first-order valence-electron chi connectivity index (χ1n) is 14.5. The Labute approximate surface area is 264 Å². The van der Waals surface area contributed by atoms with Gasteiger partial charge >= 0.3 is 19.7 Å². The monoisotopic (exact) mass is 648 g/mol. The van der Waals surface area contributed by atoms with Crippen LogP contribution in [0.1, 0.15) is 25.1 Å². The van der Waals surface area contributed by atoms with Gasteiger partial charge in [-0.15, -0.1) is 0 Å². The fourth-order valence-corrected chi connectivity index (χ4v) is 6.64. The Bertz CT molecular complexity index is 1880. The second-order valence-electron chi connectivity index (χ2n) is 10.7. The Morgan fingerprint density at radius 2 is 1.89 bits per heavy atom. The number of hydrogen-bond donors (Lipinski definition) is 3. The molecular formula is C31H33N6O8P. The van der Waals surface area contributed by atoms with Gasteiger partial charge in [0, 0.05) is 11.8 Å². The molecule has 0 aliphatic carbocycles. The van der Waals surface area contributed by atoms with E-state index in [1.54, 1.807) is 12.1 Å². The summed E-state index contributed by atoms with van der Waals surface area (Å²) in [6.45, 7) is 1.30. The Balaban J connectivity index is 1.19. The molecule has 1 saturated heterocycles. The van der Waals surface area contributed by atoms with Gasteiger partial charge in [0.2, 0.25) is 0 Å². The summed E-state index contributed by atoms with van der Waals surface area (Å²) in [5.74, 6) is -0.243. The minimum absolute atomic E-state index is 0.0353. The standard InChI is InChI=1S/C31H33N6O8P/c1-19(30(39)42-16-20-9-4-3-5-10-20)36-46(40,45-25-14-8-12-21-11-6-7-13-23(21)25)43-17-22-15-24(38)29(44-22)37-18-33-26-27(32)34-31(41-2)35-28(26)37/h3-14,18-19,22,24,29,38H,15-17H2,1-2H3,(H,36,40)(H2,32,34,35)/t19-,22-,24-,29+,46?/m0/s1. The number of aliphatic hydroxyl groups excluding tert-OH is 1. The van der Waals surface area contributed by atoms with Crippen molar-refractivity contribution >= 4 is 41.5 Å². The lowest BCUT2D eigenvalue weighted by Gasteiger charge is -2.24. The minimum Gasteiger partial charge on any atom is -0.467 e. The molecule has 1 aliphatic heterocycles. The van der Waals surface area contributed by atoms with Crippen molar-refractivity contribution in [2.75, 3.05) is 19.5 Å². The average molecular weight is 649 g/mol. The van der Waals surface area contributed by atoms with Gasteiger partial charge in [-0.2, -0.15) is 15.1 Å². The van der Waals surface area contributed by atoms with E-state index in [1.807, 2.05) is 60.7 Å². The summed E-state index contributed by atoms with van der Waals surface area (Å²) >= 11 is 0. The first-order chi connectivity index (χ1) is 22.2. The van der Waals surface area contributed by atoms with Crippen molar-refractivity contribution in [2.45, 2.75) is 44.4 Å². The topological polar surface area (TPSA) is 182 Å². The number of rotatable bonds is 12. The van der Waals surface area contributed by atoms with Crippen molar-refractivity contribution in [1.29, 1.82) is 0 Å². The van der Waals surface area contributed by atoms with Gasteiger partial charge in [0.05, 0.1) is 26.1 Å². The molecule has 5 aromatic rings. The van der Waals surface area contributed by atoms with Crippen molar-refractivity contribution in [3.8, 4) is 11.8 Å². The number of hydrogen-bond acceptors (Lipinski definition) is 12. The highest BCUT2D eigenvalue weighted by Crippen LogP contribution is 2.47. The van der Waals surface area contributed by atoms with Gasteiger partial charge in [-0.05, 0) is 23.9 Å². The van der Waals surface area contributed by atoms with Crippen LogP contribution in [0.2, 0.25) is 0 Å². The Hall–Kier alpha value is -4.59. The smallest absolute Gasteiger partial charge is 0.459 e. The number of benzene rings is 3. The fraction of sp³-hybridized carbons (Fsp3) is 0.290. The maximum atomic E-state index is 14.3. The van der Waals surface area contributed by atoms with Crippen LogP contribution < -0.4 is 20.1 Å². The second-order valence-corrected chi connectivity index (χ2v) is 12.4. The lowest BCUT2D eigenvalue weighted by molar-refractivity contribution is -0.146. The molecule has 3 aromatic carbocycles. The molecule has 4 N–H and O–H groups in total. The normalized spacial score (nSPS) is 19.9. The highest BCUT2D eigenvalue weighted by Gasteiger charge is 2.40. The SMILES string of the molecule is COc1nc(N)c2ncn([C@@H]3O[C@H](COP(=O)(N[C@@H](C)C(=O)OCc4ccccc4)Oc4cccc5ccccc45)C[C@@H]3O)c2n1. The molecule has 3 heterocycles. The molecule has 1 unspecified atom stereocenters. The zero-order valence-corrected chi connectivity index (χ0v) is 25.9. The first-order valence-corrected chi connectivity index (χ1v) is 16.0. The number of methoxy groups -OCH3 is 1. The molecule has 0 spiro atoms. The van der Waals surface area contributed by atoms with E-state index in [9.17, 15) is 14.5 Å². The molecule has 0 radical (unpaired) electrons. The van der Waals surface area contributed by atoms with Crippen molar-refractivity contribution in [3.63, 3.8) is 0 Å². The number of aliphatic hydroxyl groups is 1. The molecule has 1 fully saturated rings. The molecule has 0 saturated carbocycles. The third-order valence-corrected chi connectivity index (χ3v) is 9.01. The van der Waals surface area contributed by atoms with E-state index in [2.05, 4.69) is 20.0 Å². The minimum atomic E-state index is -4.24. The number of esters is 1. The van der Waals surface area contributed by atoms with Crippen LogP contribution in [0.5, 0.6) is 11.8 Å². The Kier molecular flexibility index (Phi) is 9.15. The van der Waals surface area contributed by atoms with Crippen molar-refractivity contribution in [3.05, 3.63) is 84.7 Å². The number of aromatic nitrogens is 4. The third kappa shape index (κ3) is 6.81. The van der Waals surface area contributed by atoms with Gasteiger partial charge in [0.15, 0.2) is 23.2 Å². The van der Waals surface area contributed by atoms with E-state index in [0.29, 0.717) is 22.3 Å². The molecule has 15 heteroatoms. The van der Waals surface area contributed by atoms with Gasteiger partial charge in [-0.25, -0.2) is 9.55 Å². The molecule has 14 nitrogen and oxygen atoms in total. The van der Waals surface area contributed by atoms with E-state index >= 15 is 0 Å². The molecule has 2 aromatic heterocycles. The molecule has 46 heavy (non-hydrogen) atoms. The largest absolute Gasteiger partial charge is 0.467 e. The number of ether oxygens (including phenoxy) is 3.